The highest BCUT2D eigenvalue weighted by atomic mass is 32.2. The second kappa shape index (κ2) is 11.0. The first kappa shape index (κ1) is 28.7. The van der Waals surface area contributed by atoms with Crippen LogP contribution in [0.4, 0.5) is 11.6 Å². The molecule has 0 saturated carbocycles. The average molecular weight is 628 g/mol. The molecule has 0 amide bonds. The molecule has 0 bridgehead atoms. The van der Waals surface area contributed by atoms with Gasteiger partial charge in [-0.1, -0.05) is 0 Å². The average Bonchev–Trinajstić information content (AvgIpc) is 3.71. The molecule has 2 aliphatic rings. The number of nitrogens with two attached hydrogens (primary N) is 2. The summed E-state index contributed by atoms with van der Waals surface area (Å²) in [5.41, 5.74) is 12.8. The van der Waals surface area contributed by atoms with E-state index in [1.54, 1.807) is 4.68 Å². The van der Waals surface area contributed by atoms with Crippen LogP contribution in [-0.2, 0) is 33.4 Å². The molecule has 0 aliphatic carbocycles. The van der Waals surface area contributed by atoms with Crippen molar-refractivity contribution in [1.29, 1.82) is 0 Å². The second-order valence-electron chi connectivity index (χ2n) is 9.55. The molecule has 0 radical (unpaired) electrons. The molecule has 1 unspecified atom stereocenters. The summed E-state index contributed by atoms with van der Waals surface area (Å²) >= 11 is 0. The first-order valence-electron chi connectivity index (χ1n) is 12.5. The van der Waals surface area contributed by atoms with E-state index >= 15 is 0 Å². The summed E-state index contributed by atoms with van der Waals surface area (Å²) in [5, 5.41) is 4.86. The monoisotopic (exact) mass is 627 g/mol. The van der Waals surface area contributed by atoms with Gasteiger partial charge in [-0.2, -0.15) is 18.2 Å². The maximum atomic E-state index is 13.0. The molecular formula is C20H26N11O9PS. The Labute approximate surface area is 236 Å². The number of imidazole rings is 1. The normalized spacial score (nSPS) is 26.3. The summed E-state index contributed by atoms with van der Waals surface area (Å²) in [4.78, 5) is 30.9. The third-order valence-electron chi connectivity index (χ3n) is 6.82. The zero-order chi connectivity index (χ0) is 29.6. The van der Waals surface area contributed by atoms with Crippen LogP contribution in [0.2, 0.25) is 0 Å². The molecule has 6 atom stereocenters. The minimum atomic E-state index is -4.71. The van der Waals surface area contributed by atoms with Crippen molar-refractivity contribution in [3.8, 4) is 0 Å². The number of nitrogen functional groups attached to an aromatic ring is 2. The lowest BCUT2D eigenvalue weighted by molar-refractivity contribution is -0.0348. The zero-order valence-electron chi connectivity index (χ0n) is 21.6. The molecule has 6 heterocycles. The predicted molar refractivity (Wildman–Crippen MR) is 141 cm³/mol. The molecule has 7 N–H and O–H groups in total. The van der Waals surface area contributed by atoms with Crippen molar-refractivity contribution in [3.63, 3.8) is 0 Å². The van der Waals surface area contributed by atoms with Gasteiger partial charge in [0, 0.05) is 13.0 Å². The topological polar surface area (TPSA) is 280 Å². The van der Waals surface area contributed by atoms with E-state index in [0.29, 0.717) is 35.0 Å². The molecule has 4 aromatic rings. The number of hydrogen-bond donors (Lipinski definition) is 5. The maximum absolute atomic E-state index is 13.0. The van der Waals surface area contributed by atoms with Crippen molar-refractivity contribution in [1.82, 2.24) is 44.0 Å². The molecule has 20 nitrogen and oxygen atoms in total. The van der Waals surface area contributed by atoms with Gasteiger partial charge in [0.25, 0.3) is 0 Å². The highest BCUT2D eigenvalue weighted by Gasteiger charge is 2.43. The summed E-state index contributed by atoms with van der Waals surface area (Å²) < 4.78 is 72.2. The summed E-state index contributed by atoms with van der Waals surface area (Å²) in [6.07, 6.45) is 2.30. The summed E-state index contributed by atoms with van der Waals surface area (Å²) in [6.45, 7) is -0.753. The zero-order valence-corrected chi connectivity index (χ0v) is 23.3. The lowest BCUT2D eigenvalue weighted by Crippen LogP contribution is -2.37. The third-order valence-corrected chi connectivity index (χ3v) is 8.36. The number of aromatic nitrogens is 8. The molecule has 0 spiro atoms. The minimum absolute atomic E-state index is 0.0273. The fraction of sp³-hybridized carbons (Fsp3) is 0.500. The molecular weight excluding hydrogens is 601 g/mol. The van der Waals surface area contributed by atoms with Crippen LogP contribution in [0, 0.1) is 0 Å². The number of phosphoric acid groups is 1. The van der Waals surface area contributed by atoms with Crippen LogP contribution >= 0.6 is 7.82 Å². The SMILES string of the molecule is Nc1ncnc2c1cnn2[C@H]1CC[C@@H](COP(=O)(O)O[C@H]2C[C@H](n3cnc4c(N)ncnc43)O[C@@H]2CNS(=O)(=O)O)O1. The van der Waals surface area contributed by atoms with Crippen molar-refractivity contribution in [2.45, 2.75) is 50.0 Å². The van der Waals surface area contributed by atoms with Crippen molar-refractivity contribution in [2.24, 2.45) is 0 Å². The van der Waals surface area contributed by atoms with E-state index < -0.39 is 55.4 Å². The van der Waals surface area contributed by atoms with Gasteiger partial charge in [-0.25, -0.2) is 34.2 Å². The number of phosphoric ester groups is 1. The Morgan fingerprint density at radius 2 is 1.83 bits per heavy atom. The summed E-state index contributed by atoms with van der Waals surface area (Å²) in [7, 11) is -9.31. The van der Waals surface area contributed by atoms with Crippen LogP contribution < -0.4 is 16.2 Å². The molecule has 4 aromatic heterocycles. The first-order valence-corrected chi connectivity index (χ1v) is 15.5. The van der Waals surface area contributed by atoms with Crippen LogP contribution in [0.3, 0.4) is 0 Å². The van der Waals surface area contributed by atoms with E-state index in [4.69, 9.17) is 34.5 Å². The fourth-order valence-electron chi connectivity index (χ4n) is 4.89. The molecule has 22 heteroatoms. The second-order valence-corrected chi connectivity index (χ2v) is 12.2. The number of hydrogen-bond acceptors (Lipinski definition) is 15. The Kier molecular flexibility index (Phi) is 7.53. The van der Waals surface area contributed by atoms with Crippen LogP contribution in [0.5, 0.6) is 0 Å². The van der Waals surface area contributed by atoms with Crippen LogP contribution in [-0.4, -0.2) is 88.6 Å². The number of nitrogens with zero attached hydrogens (tertiary/aromatic N) is 8. The molecule has 2 fully saturated rings. The van der Waals surface area contributed by atoms with Crippen LogP contribution in [0.1, 0.15) is 31.7 Å². The van der Waals surface area contributed by atoms with Crippen molar-refractivity contribution >= 4 is 52.0 Å². The van der Waals surface area contributed by atoms with E-state index in [1.165, 1.54) is 29.7 Å². The van der Waals surface area contributed by atoms with E-state index in [-0.39, 0.29) is 24.7 Å². The third kappa shape index (κ3) is 5.91. The fourth-order valence-corrected chi connectivity index (χ4v) is 6.25. The van der Waals surface area contributed by atoms with Gasteiger partial charge in [0.1, 0.15) is 42.4 Å². The number of ether oxygens (including phenoxy) is 2. The highest BCUT2D eigenvalue weighted by Crippen LogP contribution is 2.49. The van der Waals surface area contributed by atoms with E-state index in [0.717, 1.165) is 0 Å². The van der Waals surface area contributed by atoms with Gasteiger partial charge in [-0.3, -0.25) is 18.2 Å². The summed E-state index contributed by atoms with van der Waals surface area (Å²) in [6, 6.07) is 0. The molecule has 2 aliphatic heterocycles. The Morgan fingerprint density at radius 1 is 1.07 bits per heavy atom. The van der Waals surface area contributed by atoms with Crippen LogP contribution in [0.15, 0.2) is 25.2 Å². The Balaban J connectivity index is 1.11. The number of fused-ring (bicyclic) bond motifs is 2. The molecule has 2 saturated heterocycles. The van der Waals surface area contributed by atoms with Gasteiger partial charge < -0.3 is 25.8 Å². The first-order chi connectivity index (χ1) is 20.0. The van der Waals surface area contributed by atoms with Crippen molar-refractivity contribution < 1.29 is 41.0 Å². The lowest BCUT2D eigenvalue weighted by atomic mass is 10.2. The maximum Gasteiger partial charge on any atom is 0.472 e. The Morgan fingerprint density at radius 3 is 2.62 bits per heavy atom. The Hall–Kier alpha value is -3.40. The number of rotatable bonds is 10. The number of anilines is 2. The van der Waals surface area contributed by atoms with E-state index in [9.17, 15) is 17.9 Å². The molecule has 0 aromatic carbocycles. The van der Waals surface area contributed by atoms with Gasteiger partial charge in [0.05, 0.1) is 30.6 Å². The molecule has 42 heavy (non-hydrogen) atoms. The quantitative estimate of drug-likeness (QED) is 0.111. The van der Waals surface area contributed by atoms with Crippen LogP contribution in [0.25, 0.3) is 22.2 Å². The largest absolute Gasteiger partial charge is 0.472 e. The predicted octanol–water partition coefficient (Wildman–Crippen LogP) is -0.310. The molecule has 6 rings (SSSR count). The molecule has 226 valence electrons. The smallest absolute Gasteiger partial charge is 0.383 e. The summed E-state index contributed by atoms with van der Waals surface area (Å²) in [5.74, 6) is 0.418. The lowest BCUT2D eigenvalue weighted by Gasteiger charge is -2.22. The minimum Gasteiger partial charge on any atom is -0.383 e. The van der Waals surface area contributed by atoms with Gasteiger partial charge in [-0.15, -0.1) is 0 Å². The van der Waals surface area contributed by atoms with Crippen molar-refractivity contribution in [3.05, 3.63) is 25.2 Å². The number of nitrogens with one attached hydrogen (secondary N) is 1. The van der Waals surface area contributed by atoms with Gasteiger partial charge >= 0.3 is 18.1 Å². The van der Waals surface area contributed by atoms with Gasteiger partial charge in [-0.05, 0) is 12.8 Å². The Bertz CT molecular complexity index is 1770. The van der Waals surface area contributed by atoms with Gasteiger partial charge in [0.2, 0.25) is 0 Å². The highest BCUT2D eigenvalue weighted by molar-refractivity contribution is 7.83. The van der Waals surface area contributed by atoms with Gasteiger partial charge in [0.15, 0.2) is 23.3 Å². The van der Waals surface area contributed by atoms with E-state index in [2.05, 4.69) is 30.0 Å². The van der Waals surface area contributed by atoms with E-state index in [1.807, 2.05) is 4.72 Å². The standard InChI is InChI=1S/C20H26N11O9PS/c21-17-11-4-28-31(19(11)25-7-23-17)14-2-1-10(38-14)6-37-41(32,33)40-12-3-15(39-13(12)5-29-42(34,35)36)30-9-27-16-18(22)24-8-26-20(16)30/h4,7-10,12-15,29H,1-3,5-6H2,(H,32,33)(H2,21,23,25)(H2,22,24,26)(H,34,35,36)/t10-,12-,13+,14+,15+/m0/s1. The van der Waals surface area contributed by atoms with Crippen molar-refractivity contribution in [2.75, 3.05) is 24.6 Å².